The fourth-order valence-corrected chi connectivity index (χ4v) is 2.69. The fourth-order valence-electron chi connectivity index (χ4n) is 2.17. The van der Waals surface area contributed by atoms with E-state index in [1.54, 1.807) is 23.5 Å². The van der Waals surface area contributed by atoms with Gasteiger partial charge in [0.05, 0.1) is 17.2 Å². The molecular weight excluding hydrogens is 296 g/mol. The van der Waals surface area contributed by atoms with Crippen molar-refractivity contribution < 1.29 is 9.21 Å². The van der Waals surface area contributed by atoms with E-state index in [2.05, 4.69) is 4.98 Å². The van der Waals surface area contributed by atoms with Crippen LogP contribution in [0.1, 0.15) is 24.4 Å². The maximum Gasteiger partial charge on any atom is 0.246 e. The van der Waals surface area contributed by atoms with Gasteiger partial charge in [-0.1, -0.05) is 18.2 Å². The molecule has 2 aromatic heterocycles. The molecule has 0 aliphatic heterocycles. The molecule has 0 fully saturated rings. The number of hydrogen-bond donors (Lipinski definition) is 0. The van der Waals surface area contributed by atoms with E-state index in [0.29, 0.717) is 0 Å². The number of benzene rings is 1. The Morgan fingerprint density at radius 1 is 1.41 bits per heavy atom. The third kappa shape index (κ3) is 2.94. The second-order valence-electron chi connectivity index (χ2n) is 5.06. The van der Waals surface area contributed by atoms with E-state index in [-0.39, 0.29) is 11.9 Å². The third-order valence-electron chi connectivity index (χ3n) is 3.63. The van der Waals surface area contributed by atoms with Crippen LogP contribution in [-0.4, -0.2) is 22.8 Å². The summed E-state index contributed by atoms with van der Waals surface area (Å²) < 4.78 is 5.82. The number of rotatable bonds is 4. The Labute approximate surface area is 132 Å². The lowest BCUT2D eigenvalue weighted by Crippen LogP contribution is -2.27. The quantitative estimate of drug-likeness (QED) is 0.681. The van der Waals surface area contributed by atoms with Gasteiger partial charge in [-0.15, -0.1) is 11.3 Å². The average molecular weight is 312 g/mol. The number of carbonyl (C=O) groups is 1. The number of furan rings is 1. The number of likely N-dealkylation sites (N-methyl/N-ethyl adjacent to an activating group) is 1. The van der Waals surface area contributed by atoms with E-state index >= 15 is 0 Å². The summed E-state index contributed by atoms with van der Waals surface area (Å²) in [6.45, 7) is 1.95. The summed E-state index contributed by atoms with van der Waals surface area (Å²) in [5, 5.41) is 2.94. The van der Waals surface area contributed by atoms with Gasteiger partial charge in [-0.05, 0) is 25.1 Å². The second kappa shape index (κ2) is 6.15. The van der Waals surface area contributed by atoms with Crippen LogP contribution >= 0.6 is 11.3 Å². The predicted octanol–water partition coefficient (Wildman–Crippen LogP) is 4.12. The van der Waals surface area contributed by atoms with E-state index in [0.717, 1.165) is 22.4 Å². The summed E-state index contributed by atoms with van der Waals surface area (Å²) in [5.41, 5.74) is 3.37. The summed E-state index contributed by atoms with van der Waals surface area (Å²) in [7, 11) is 1.77. The Bertz CT molecular complexity index is 772. The number of carbonyl (C=O) groups excluding carboxylic acids is 1. The Morgan fingerprint density at radius 2 is 2.23 bits per heavy atom. The molecule has 0 radical (unpaired) electrons. The molecule has 3 rings (SSSR count). The zero-order chi connectivity index (χ0) is 15.5. The van der Waals surface area contributed by atoms with Crippen LogP contribution < -0.4 is 0 Å². The first-order chi connectivity index (χ1) is 10.6. The van der Waals surface area contributed by atoms with Crippen LogP contribution in [0.15, 0.2) is 51.7 Å². The van der Waals surface area contributed by atoms with Crippen LogP contribution in [0.3, 0.4) is 0 Å². The van der Waals surface area contributed by atoms with Crippen LogP contribution in [0.4, 0.5) is 0 Å². The average Bonchev–Trinajstić information content (AvgIpc) is 3.19. The Balaban J connectivity index is 1.75. The lowest BCUT2D eigenvalue weighted by Gasteiger charge is -2.21. The summed E-state index contributed by atoms with van der Waals surface area (Å²) in [5.74, 6) is 0.695. The first-order valence-corrected chi connectivity index (χ1v) is 7.91. The number of aromatic nitrogens is 1. The van der Waals surface area contributed by atoms with Gasteiger partial charge in [0.2, 0.25) is 5.91 Å². The van der Waals surface area contributed by atoms with Crippen molar-refractivity contribution in [3.05, 3.63) is 58.8 Å². The number of amides is 1. The molecule has 1 amide bonds. The van der Waals surface area contributed by atoms with Crippen molar-refractivity contribution in [3.63, 3.8) is 0 Å². The molecule has 0 spiro atoms. The van der Waals surface area contributed by atoms with E-state index in [9.17, 15) is 4.79 Å². The number of thiazole rings is 1. The van der Waals surface area contributed by atoms with Crippen LogP contribution in [0, 0.1) is 0 Å². The molecular formula is C17H16N2O2S. The molecule has 0 saturated carbocycles. The molecule has 0 N–H and O–H groups in total. The smallest absolute Gasteiger partial charge is 0.246 e. The molecule has 1 unspecified atom stereocenters. The second-order valence-corrected chi connectivity index (χ2v) is 5.78. The number of hydrogen-bond acceptors (Lipinski definition) is 4. The molecule has 0 aliphatic rings. The number of nitrogens with zero attached hydrogens (tertiary/aromatic N) is 2. The lowest BCUT2D eigenvalue weighted by molar-refractivity contribution is -0.126. The molecule has 4 nitrogen and oxygen atoms in total. The van der Waals surface area contributed by atoms with Gasteiger partial charge < -0.3 is 9.32 Å². The van der Waals surface area contributed by atoms with Crippen molar-refractivity contribution in [1.82, 2.24) is 9.88 Å². The molecule has 0 aliphatic carbocycles. The Hall–Kier alpha value is -2.40. The van der Waals surface area contributed by atoms with Gasteiger partial charge in [0, 0.05) is 23.9 Å². The molecule has 112 valence electrons. The summed E-state index contributed by atoms with van der Waals surface area (Å²) in [6.07, 6.45) is 3.26. The van der Waals surface area contributed by atoms with Crippen LogP contribution in [0.25, 0.3) is 17.0 Å². The van der Waals surface area contributed by atoms with Gasteiger partial charge >= 0.3 is 0 Å². The van der Waals surface area contributed by atoms with Crippen molar-refractivity contribution in [2.24, 2.45) is 0 Å². The number of para-hydroxylation sites is 1. The van der Waals surface area contributed by atoms with Crippen molar-refractivity contribution in [1.29, 1.82) is 0 Å². The predicted molar refractivity (Wildman–Crippen MR) is 88.5 cm³/mol. The zero-order valence-electron chi connectivity index (χ0n) is 12.4. The normalized spacial score (nSPS) is 12.8. The maximum atomic E-state index is 12.2. The highest BCUT2D eigenvalue weighted by Gasteiger charge is 2.19. The van der Waals surface area contributed by atoms with E-state index in [1.165, 1.54) is 17.4 Å². The largest absolute Gasteiger partial charge is 0.459 e. The fraction of sp³-hybridized carbons (Fsp3) is 0.176. The lowest BCUT2D eigenvalue weighted by atomic mass is 10.2. The van der Waals surface area contributed by atoms with Gasteiger partial charge in [-0.2, -0.15) is 0 Å². The minimum atomic E-state index is -0.139. The molecule has 1 atom stereocenters. The van der Waals surface area contributed by atoms with Crippen LogP contribution in [0.5, 0.6) is 0 Å². The summed E-state index contributed by atoms with van der Waals surface area (Å²) >= 11 is 1.50. The Morgan fingerprint density at radius 3 is 2.95 bits per heavy atom. The van der Waals surface area contributed by atoms with Gasteiger partial charge in [0.1, 0.15) is 11.3 Å². The maximum absolute atomic E-state index is 12.2. The highest BCUT2D eigenvalue weighted by molar-refractivity contribution is 7.07. The summed E-state index contributed by atoms with van der Waals surface area (Å²) in [6, 6.07) is 9.67. The SMILES string of the molecule is CC(c1cc2ccccc2o1)N(C)C(=O)C=Cc1cscn1. The zero-order valence-corrected chi connectivity index (χ0v) is 13.2. The standard InChI is InChI=1S/C17H16N2O2S/c1-12(16-9-13-5-3-4-6-15(13)21-16)19(2)17(20)8-7-14-10-22-11-18-14/h3-12H,1-2H3. The highest BCUT2D eigenvalue weighted by Crippen LogP contribution is 2.26. The number of fused-ring (bicyclic) bond motifs is 1. The van der Waals surface area contributed by atoms with Gasteiger partial charge in [0.15, 0.2) is 0 Å². The monoisotopic (exact) mass is 312 g/mol. The van der Waals surface area contributed by atoms with Crippen molar-refractivity contribution in [2.75, 3.05) is 7.05 Å². The van der Waals surface area contributed by atoms with E-state index in [1.807, 2.05) is 42.6 Å². The minimum Gasteiger partial charge on any atom is -0.459 e. The van der Waals surface area contributed by atoms with Crippen LogP contribution in [-0.2, 0) is 4.79 Å². The van der Waals surface area contributed by atoms with Crippen molar-refractivity contribution >= 4 is 34.3 Å². The minimum absolute atomic E-state index is 0.0824. The molecule has 1 aromatic carbocycles. The molecule has 5 heteroatoms. The van der Waals surface area contributed by atoms with Gasteiger partial charge in [0.25, 0.3) is 0 Å². The Kier molecular flexibility index (Phi) is 4.06. The molecule has 3 aromatic rings. The van der Waals surface area contributed by atoms with Crippen LogP contribution in [0.2, 0.25) is 0 Å². The molecule has 22 heavy (non-hydrogen) atoms. The van der Waals surface area contributed by atoms with Gasteiger partial charge in [-0.25, -0.2) is 4.98 Å². The molecule has 0 saturated heterocycles. The molecule has 0 bridgehead atoms. The van der Waals surface area contributed by atoms with E-state index in [4.69, 9.17) is 4.42 Å². The topological polar surface area (TPSA) is 46.3 Å². The third-order valence-corrected chi connectivity index (χ3v) is 4.24. The first-order valence-electron chi connectivity index (χ1n) is 6.96. The first kappa shape index (κ1) is 14.5. The molecule has 2 heterocycles. The van der Waals surface area contributed by atoms with Crippen molar-refractivity contribution in [3.8, 4) is 0 Å². The van der Waals surface area contributed by atoms with Gasteiger partial charge in [-0.3, -0.25) is 4.79 Å². The van der Waals surface area contributed by atoms with Crippen molar-refractivity contribution in [2.45, 2.75) is 13.0 Å². The highest BCUT2D eigenvalue weighted by atomic mass is 32.1. The van der Waals surface area contributed by atoms with E-state index < -0.39 is 0 Å². The summed E-state index contributed by atoms with van der Waals surface area (Å²) in [4.78, 5) is 18.0.